The number of benzene rings is 3. The van der Waals surface area contributed by atoms with E-state index in [0.717, 1.165) is 5.56 Å². The Morgan fingerprint density at radius 3 is 2.35 bits per heavy atom. The lowest BCUT2D eigenvalue weighted by atomic mass is 9.97. The van der Waals surface area contributed by atoms with Gasteiger partial charge in [-0.05, 0) is 48.4 Å². The van der Waals surface area contributed by atoms with Crippen molar-refractivity contribution in [3.63, 3.8) is 0 Å². The Morgan fingerprint density at radius 2 is 1.68 bits per heavy atom. The Bertz CT molecular complexity index is 1310. The van der Waals surface area contributed by atoms with Crippen LogP contribution >= 0.6 is 0 Å². The summed E-state index contributed by atoms with van der Waals surface area (Å²) in [5, 5.41) is 11.8. The fraction of sp³-hybridized carbons (Fsp3) is 0.286. The first-order valence-electron chi connectivity index (χ1n) is 12.1. The van der Waals surface area contributed by atoms with Crippen molar-refractivity contribution < 1.29 is 27.8 Å². The Kier molecular flexibility index (Phi) is 8.58. The molecule has 0 aliphatic carbocycles. The lowest BCUT2D eigenvalue weighted by molar-refractivity contribution is -0.126. The first kappa shape index (κ1) is 26.4. The number of aliphatic hydroxyl groups is 1. The van der Waals surface area contributed by atoms with Gasteiger partial charge in [-0.25, -0.2) is 13.4 Å². The zero-order chi connectivity index (χ0) is 26.1. The maximum Gasteiger partial charge on any atom is 0.251 e. The predicted octanol–water partition coefficient (Wildman–Crippen LogP) is 3.14. The van der Waals surface area contributed by atoms with Gasteiger partial charge in [0.2, 0.25) is 5.90 Å². The summed E-state index contributed by atoms with van der Waals surface area (Å²) in [5.74, 6) is 0.261. The number of aliphatic hydroxyl groups excluding tert-OH is 1. The van der Waals surface area contributed by atoms with Crippen molar-refractivity contribution in [2.45, 2.75) is 29.8 Å². The van der Waals surface area contributed by atoms with Gasteiger partial charge in [-0.15, -0.1) is 0 Å². The number of rotatable bonds is 12. The largest absolute Gasteiger partial charge is 0.494 e. The van der Waals surface area contributed by atoms with E-state index in [9.17, 15) is 13.2 Å². The minimum Gasteiger partial charge on any atom is -0.494 e. The number of carbonyl (C=O) groups is 1. The molecular weight excluding hydrogens is 492 g/mol. The number of aliphatic imine (C=N–C) groups is 1. The van der Waals surface area contributed by atoms with Crippen molar-refractivity contribution in [2.24, 2.45) is 4.99 Å². The summed E-state index contributed by atoms with van der Waals surface area (Å²) in [6.07, 6.45) is 0.501. The highest BCUT2D eigenvalue weighted by Gasteiger charge is 2.45. The van der Waals surface area contributed by atoms with Gasteiger partial charge >= 0.3 is 0 Å². The van der Waals surface area contributed by atoms with E-state index in [1.165, 1.54) is 0 Å². The molecule has 1 atom stereocenters. The normalized spacial score (nSPS) is 17.1. The summed E-state index contributed by atoms with van der Waals surface area (Å²) in [4.78, 5) is 18.3. The molecule has 4 rings (SSSR count). The van der Waals surface area contributed by atoms with E-state index >= 15 is 0 Å². The zero-order valence-electron chi connectivity index (χ0n) is 20.4. The van der Waals surface area contributed by atoms with Gasteiger partial charge in [0.05, 0.1) is 17.3 Å². The van der Waals surface area contributed by atoms with Crippen LogP contribution in [-0.4, -0.2) is 56.4 Å². The second-order valence-corrected chi connectivity index (χ2v) is 10.8. The van der Waals surface area contributed by atoms with Crippen LogP contribution in [0.5, 0.6) is 5.75 Å². The maximum absolute atomic E-state index is 13.4. The molecule has 2 N–H and O–H groups in total. The van der Waals surface area contributed by atoms with Crippen LogP contribution in [0.2, 0.25) is 0 Å². The molecule has 0 saturated carbocycles. The molecule has 0 bridgehead atoms. The van der Waals surface area contributed by atoms with E-state index in [2.05, 4.69) is 10.3 Å². The van der Waals surface area contributed by atoms with Crippen molar-refractivity contribution in [1.29, 1.82) is 0 Å². The Morgan fingerprint density at radius 1 is 1.00 bits per heavy atom. The highest BCUT2D eigenvalue weighted by atomic mass is 32.2. The Hall–Kier alpha value is -3.69. The van der Waals surface area contributed by atoms with Crippen molar-refractivity contribution >= 4 is 21.6 Å². The van der Waals surface area contributed by atoms with Gasteiger partial charge in [0.15, 0.2) is 15.4 Å². The quantitative estimate of drug-likeness (QED) is 0.353. The molecule has 1 amide bonds. The van der Waals surface area contributed by atoms with E-state index < -0.39 is 21.3 Å². The van der Waals surface area contributed by atoms with Crippen molar-refractivity contribution in [2.75, 3.05) is 25.6 Å². The van der Waals surface area contributed by atoms with E-state index in [-0.39, 0.29) is 42.7 Å². The lowest BCUT2D eigenvalue weighted by Crippen LogP contribution is -2.47. The average Bonchev–Trinajstić information content (AvgIpc) is 3.38. The fourth-order valence-electron chi connectivity index (χ4n) is 3.89. The van der Waals surface area contributed by atoms with Crippen LogP contribution in [0.15, 0.2) is 94.8 Å². The molecule has 0 saturated heterocycles. The third-order valence-electron chi connectivity index (χ3n) is 6.04. The number of nitrogens with zero attached hydrogens (tertiary/aromatic N) is 1. The van der Waals surface area contributed by atoms with Crippen LogP contribution in [0.1, 0.15) is 24.0 Å². The smallest absolute Gasteiger partial charge is 0.251 e. The molecule has 0 aromatic heterocycles. The fourth-order valence-corrected chi connectivity index (χ4v) is 5.31. The maximum atomic E-state index is 13.4. The van der Waals surface area contributed by atoms with E-state index in [1.54, 1.807) is 54.6 Å². The SMILES string of the molecule is O=C(NCc1ccccc1)[C@@]1(CCS(=O)(=O)c2ccccc2)COC(c2ccc(OCCCO)cc2)=N1. The molecule has 1 aliphatic heterocycles. The molecule has 1 aliphatic rings. The van der Waals surface area contributed by atoms with Crippen LogP contribution in [0.3, 0.4) is 0 Å². The predicted molar refractivity (Wildman–Crippen MR) is 140 cm³/mol. The number of hydrogen-bond acceptors (Lipinski definition) is 7. The number of carbonyl (C=O) groups excluding carboxylic acids is 1. The van der Waals surface area contributed by atoms with Crippen LogP contribution < -0.4 is 10.1 Å². The molecular formula is C28H30N2O6S. The highest BCUT2D eigenvalue weighted by Crippen LogP contribution is 2.29. The second kappa shape index (κ2) is 12.0. The van der Waals surface area contributed by atoms with Crippen molar-refractivity contribution in [3.05, 3.63) is 96.1 Å². The molecule has 0 spiro atoms. The van der Waals surface area contributed by atoms with E-state index in [1.807, 2.05) is 30.3 Å². The average molecular weight is 523 g/mol. The number of ether oxygens (including phenoxy) is 2. The number of amides is 1. The van der Waals surface area contributed by atoms with Gasteiger partial charge in [0.1, 0.15) is 12.4 Å². The molecule has 0 unspecified atom stereocenters. The summed E-state index contributed by atoms with van der Waals surface area (Å²) in [7, 11) is -3.62. The molecule has 194 valence electrons. The summed E-state index contributed by atoms with van der Waals surface area (Å²) >= 11 is 0. The minimum absolute atomic E-state index is 0.0310. The summed E-state index contributed by atoms with van der Waals surface area (Å²) in [6.45, 7) is 0.671. The molecule has 37 heavy (non-hydrogen) atoms. The first-order chi connectivity index (χ1) is 17.9. The highest BCUT2D eigenvalue weighted by molar-refractivity contribution is 7.91. The third-order valence-corrected chi connectivity index (χ3v) is 7.77. The van der Waals surface area contributed by atoms with Gasteiger partial charge in [-0.3, -0.25) is 4.79 Å². The first-order valence-corrected chi connectivity index (χ1v) is 13.7. The van der Waals surface area contributed by atoms with Crippen molar-refractivity contribution in [3.8, 4) is 5.75 Å². The van der Waals surface area contributed by atoms with Crippen molar-refractivity contribution in [1.82, 2.24) is 5.32 Å². The standard InChI is InChI=1S/C28H30N2O6S/c31-17-7-18-35-24-14-12-23(13-15-24)26-30-28(21-36-26,27(32)29-20-22-8-3-1-4-9-22)16-19-37(33,34)25-10-5-2-6-11-25/h1-6,8-15,31H,7,16-21H2,(H,29,32)/t28-/m1/s1. The zero-order valence-corrected chi connectivity index (χ0v) is 21.2. The van der Waals surface area contributed by atoms with Gasteiger partial charge in [-0.1, -0.05) is 48.5 Å². The van der Waals surface area contributed by atoms with Gasteiger partial charge in [0.25, 0.3) is 5.91 Å². The minimum atomic E-state index is -3.62. The summed E-state index contributed by atoms with van der Waals surface area (Å²) in [5.41, 5.74) is 0.184. The molecule has 3 aromatic rings. The monoisotopic (exact) mass is 522 g/mol. The summed E-state index contributed by atoms with van der Waals surface area (Å²) < 4.78 is 37.4. The topological polar surface area (TPSA) is 114 Å². The van der Waals surface area contributed by atoms with Crippen LogP contribution in [0.25, 0.3) is 0 Å². The number of hydrogen-bond donors (Lipinski definition) is 2. The molecule has 1 heterocycles. The van der Waals surface area contributed by atoms with E-state index in [4.69, 9.17) is 14.6 Å². The summed E-state index contributed by atoms with van der Waals surface area (Å²) in [6, 6.07) is 24.7. The molecule has 0 fully saturated rings. The van der Waals surface area contributed by atoms with E-state index in [0.29, 0.717) is 24.3 Å². The Balaban J connectivity index is 1.55. The molecule has 9 heteroatoms. The number of sulfone groups is 1. The van der Waals surface area contributed by atoms with Crippen LogP contribution in [0, 0.1) is 0 Å². The van der Waals surface area contributed by atoms with Gasteiger partial charge in [0, 0.05) is 25.1 Å². The Labute approximate surface area is 216 Å². The van der Waals surface area contributed by atoms with Gasteiger partial charge in [-0.2, -0.15) is 0 Å². The van der Waals surface area contributed by atoms with Gasteiger partial charge < -0.3 is 19.9 Å². The van der Waals surface area contributed by atoms with Crippen LogP contribution in [-0.2, 0) is 25.9 Å². The second-order valence-electron chi connectivity index (χ2n) is 8.74. The lowest BCUT2D eigenvalue weighted by Gasteiger charge is -2.23. The molecule has 8 nitrogen and oxygen atoms in total. The number of nitrogens with one attached hydrogen (secondary N) is 1. The van der Waals surface area contributed by atoms with Crippen LogP contribution in [0.4, 0.5) is 0 Å². The molecule has 0 radical (unpaired) electrons. The molecule has 3 aromatic carbocycles. The third kappa shape index (κ3) is 6.75.